The van der Waals surface area contributed by atoms with Crippen LogP contribution in [0.1, 0.15) is 5.56 Å². The number of amides is 1. The number of carbonyl (C=O) groups excluding carboxylic acids is 1. The first-order chi connectivity index (χ1) is 11.6. The molecule has 6 heteroatoms. The summed E-state index contributed by atoms with van der Waals surface area (Å²) in [5.74, 6) is 1.10. The van der Waals surface area contributed by atoms with Gasteiger partial charge in [0.25, 0.3) is 5.91 Å². The molecule has 0 saturated heterocycles. The molecule has 0 aliphatic carbocycles. The highest BCUT2D eigenvalue weighted by Crippen LogP contribution is 2.22. The Balaban J connectivity index is 1.85. The average Bonchev–Trinajstić information content (AvgIpc) is 2.57. The SMILES string of the molecule is COCCOc1cccc(NC(=O)COc2ccc(Br)c(C)c2)c1. The van der Waals surface area contributed by atoms with Crippen LogP contribution in [-0.2, 0) is 9.53 Å². The Hall–Kier alpha value is -2.05. The van der Waals surface area contributed by atoms with Crippen LogP contribution in [0.25, 0.3) is 0 Å². The second-order valence-corrected chi connectivity index (χ2v) is 5.97. The van der Waals surface area contributed by atoms with Crippen molar-refractivity contribution in [1.29, 1.82) is 0 Å². The zero-order chi connectivity index (χ0) is 17.4. The Morgan fingerprint density at radius 2 is 1.88 bits per heavy atom. The molecule has 0 saturated carbocycles. The van der Waals surface area contributed by atoms with E-state index in [0.29, 0.717) is 30.4 Å². The molecule has 128 valence electrons. The third kappa shape index (κ3) is 5.86. The van der Waals surface area contributed by atoms with Crippen molar-refractivity contribution in [3.05, 3.63) is 52.5 Å². The number of rotatable bonds is 8. The molecule has 1 amide bonds. The van der Waals surface area contributed by atoms with Gasteiger partial charge in [-0.25, -0.2) is 0 Å². The Labute approximate surface area is 150 Å². The average molecular weight is 394 g/mol. The zero-order valence-corrected chi connectivity index (χ0v) is 15.3. The van der Waals surface area contributed by atoms with E-state index in [2.05, 4.69) is 21.2 Å². The van der Waals surface area contributed by atoms with Crippen LogP contribution in [0.2, 0.25) is 0 Å². The Bertz CT molecular complexity index is 690. The third-order valence-electron chi connectivity index (χ3n) is 3.17. The van der Waals surface area contributed by atoms with Gasteiger partial charge in [0.15, 0.2) is 6.61 Å². The normalized spacial score (nSPS) is 10.3. The number of nitrogens with one attached hydrogen (secondary N) is 1. The summed E-state index contributed by atoms with van der Waals surface area (Å²) >= 11 is 3.43. The highest BCUT2D eigenvalue weighted by atomic mass is 79.9. The molecule has 0 spiro atoms. The zero-order valence-electron chi connectivity index (χ0n) is 13.7. The summed E-state index contributed by atoms with van der Waals surface area (Å²) in [6, 6.07) is 12.8. The van der Waals surface area contributed by atoms with Gasteiger partial charge in [0.2, 0.25) is 0 Å². The summed E-state index contributed by atoms with van der Waals surface area (Å²) in [6.45, 7) is 2.87. The van der Waals surface area contributed by atoms with E-state index in [1.54, 1.807) is 19.2 Å². The fourth-order valence-corrected chi connectivity index (χ4v) is 2.21. The quantitative estimate of drug-likeness (QED) is 0.692. The first-order valence-electron chi connectivity index (χ1n) is 7.49. The van der Waals surface area contributed by atoms with E-state index >= 15 is 0 Å². The molecule has 2 aromatic rings. The second kappa shape index (κ2) is 9.30. The van der Waals surface area contributed by atoms with Crippen molar-refractivity contribution < 1.29 is 19.0 Å². The summed E-state index contributed by atoms with van der Waals surface area (Å²) in [6.07, 6.45) is 0. The van der Waals surface area contributed by atoms with Gasteiger partial charge < -0.3 is 19.5 Å². The van der Waals surface area contributed by atoms with Crippen LogP contribution >= 0.6 is 15.9 Å². The van der Waals surface area contributed by atoms with Crippen LogP contribution in [-0.4, -0.2) is 32.8 Å². The van der Waals surface area contributed by atoms with Crippen LogP contribution < -0.4 is 14.8 Å². The largest absolute Gasteiger partial charge is 0.491 e. The van der Waals surface area contributed by atoms with Crippen LogP contribution in [0.4, 0.5) is 5.69 Å². The summed E-state index contributed by atoms with van der Waals surface area (Å²) < 4.78 is 17.0. The molecule has 2 rings (SSSR count). The number of benzene rings is 2. The van der Waals surface area contributed by atoms with Crippen LogP contribution in [0.15, 0.2) is 46.9 Å². The van der Waals surface area contributed by atoms with E-state index in [1.165, 1.54) is 0 Å². The van der Waals surface area contributed by atoms with E-state index in [0.717, 1.165) is 10.0 Å². The van der Waals surface area contributed by atoms with E-state index in [1.807, 2.05) is 37.3 Å². The van der Waals surface area contributed by atoms with Gasteiger partial charge in [-0.15, -0.1) is 0 Å². The van der Waals surface area contributed by atoms with Crippen molar-refractivity contribution in [1.82, 2.24) is 0 Å². The molecule has 2 aromatic carbocycles. The van der Waals surface area contributed by atoms with E-state index in [-0.39, 0.29) is 12.5 Å². The Kier molecular flexibility index (Phi) is 7.08. The molecule has 0 fully saturated rings. The number of ether oxygens (including phenoxy) is 3. The molecular formula is C18H20BrNO4. The maximum Gasteiger partial charge on any atom is 0.262 e. The summed E-state index contributed by atoms with van der Waals surface area (Å²) in [4.78, 5) is 12.0. The minimum absolute atomic E-state index is 0.0597. The molecule has 5 nitrogen and oxygen atoms in total. The van der Waals surface area contributed by atoms with Gasteiger partial charge in [-0.05, 0) is 42.8 Å². The third-order valence-corrected chi connectivity index (χ3v) is 4.06. The number of hydrogen-bond acceptors (Lipinski definition) is 4. The number of halogens is 1. The number of aryl methyl sites for hydroxylation is 1. The highest BCUT2D eigenvalue weighted by molar-refractivity contribution is 9.10. The fraction of sp³-hybridized carbons (Fsp3) is 0.278. The maximum atomic E-state index is 12.0. The van der Waals surface area contributed by atoms with Crippen LogP contribution in [0.3, 0.4) is 0 Å². The summed E-state index contributed by atoms with van der Waals surface area (Å²) in [5.41, 5.74) is 1.71. The molecule has 24 heavy (non-hydrogen) atoms. The first kappa shape index (κ1) is 18.3. The Morgan fingerprint density at radius 1 is 1.08 bits per heavy atom. The number of carbonyl (C=O) groups is 1. The van der Waals surface area contributed by atoms with E-state index in [4.69, 9.17) is 14.2 Å². The standard InChI is InChI=1S/C18H20BrNO4/c1-13-10-16(6-7-17(13)19)24-12-18(21)20-14-4-3-5-15(11-14)23-9-8-22-2/h3-7,10-11H,8-9,12H2,1-2H3,(H,20,21). The predicted molar refractivity (Wildman–Crippen MR) is 96.8 cm³/mol. The van der Waals surface area contributed by atoms with E-state index < -0.39 is 0 Å². The van der Waals surface area contributed by atoms with Crippen molar-refractivity contribution in [2.75, 3.05) is 32.2 Å². The van der Waals surface area contributed by atoms with Crippen molar-refractivity contribution in [2.24, 2.45) is 0 Å². The lowest BCUT2D eigenvalue weighted by Crippen LogP contribution is -2.20. The highest BCUT2D eigenvalue weighted by Gasteiger charge is 2.06. The first-order valence-corrected chi connectivity index (χ1v) is 8.28. The van der Waals surface area contributed by atoms with Crippen molar-refractivity contribution in [3.63, 3.8) is 0 Å². The Morgan fingerprint density at radius 3 is 2.62 bits per heavy atom. The van der Waals surface area contributed by atoms with Gasteiger partial charge in [0, 0.05) is 23.3 Å². The lowest BCUT2D eigenvalue weighted by Gasteiger charge is -2.10. The molecule has 0 aromatic heterocycles. The summed E-state index contributed by atoms with van der Waals surface area (Å²) in [5, 5.41) is 2.78. The van der Waals surface area contributed by atoms with Gasteiger partial charge >= 0.3 is 0 Å². The minimum Gasteiger partial charge on any atom is -0.491 e. The summed E-state index contributed by atoms with van der Waals surface area (Å²) in [7, 11) is 1.62. The number of methoxy groups -OCH3 is 1. The van der Waals surface area contributed by atoms with Crippen molar-refractivity contribution in [2.45, 2.75) is 6.92 Å². The topological polar surface area (TPSA) is 56.8 Å². The van der Waals surface area contributed by atoms with Gasteiger partial charge in [-0.1, -0.05) is 22.0 Å². The fourth-order valence-electron chi connectivity index (χ4n) is 1.96. The second-order valence-electron chi connectivity index (χ2n) is 5.12. The van der Waals surface area contributed by atoms with Crippen molar-refractivity contribution >= 4 is 27.5 Å². The molecule has 0 radical (unpaired) electrons. The molecule has 1 N–H and O–H groups in total. The molecule has 0 atom stereocenters. The molecule has 0 heterocycles. The van der Waals surface area contributed by atoms with Gasteiger partial charge in [-0.3, -0.25) is 4.79 Å². The number of hydrogen-bond donors (Lipinski definition) is 1. The number of anilines is 1. The van der Waals surface area contributed by atoms with Crippen molar-refractivity contribution in [3.8, 4) is 11.5 Å². The lowest BCUT2D eigenvalue weighted by molar-refractivity contribution is -0.118. The molecule has 0 aliphatic rings. The maximum absolute atomic E-state index is 12.0. The minimum atomic E-state index is -0.232. The molecule has 0 bridgehead atoms. The lowest BCUT2D eigenvalue weighted by atomic mass is 10.2. The molecular weight excluding hydrogens is 374 g/mol. The smallest absolute Gasteiger partial charge is 0.262 e. The van der Waals surface area contributed by atoms with E-state index in [9.17, 15) is 4.79 Å². The monoisotopic (exact) mass is 393 g/mol. The predicted octanol–water partition coefficient (Wildman–Crippen LogP) is 3.80. The van der Waals surface area contributed by atoms with Gasteiger partial charge in [0.1, 0.15) is 18.1 Å². The van der Waals surface area contributed by atoms with Crippen LogP contribution in [0, 0.1) is 6.92 Å². The molecule has 0 unspecified atom stereocenters. The van der Waals surface area contributed by atoms with Crippen LogP contribution in [0.5, 0.6) is 11.5 Å². The van der Waals surface area contributed by atoms with Gasteiger partial charge in [0.05, 0.1) is 6.61 Å². The van der Waals surface area contributed by atoms with Gasteiger partial charge in [-0.2, -0.15) is 0 Å². The molecule has 0 aliphatic heterocycles.